The standard InChI is InChI=1S/C29H28N6O6S/c1-2-18-9-11-19(12-10-18)17-24-28(37)34(29(38)42-24)16-6-5-15-30-27(36)20-7-3-4-8-21(20)31-22-13-14-23(35(39)40)26-25(22)32-41-33-26/h3-4,7-14,17,31-33H,2,5-6,15-16H2,1H3,(H,30,36)/b24-17-. The highest BCUT2D eigenvalue weighted by molar-refractivity contribution is 8.18. The Morgan fingerprint density at radius 1 is 1.02 bits per heavy atom. The summed E-state index contributed by atoms with van der Waals surface area (Å²) in [6, 6.07) is 17.6. The molecular weight excluding hydrogens is 560 g/mol. The number of benzene rings is 3. The Labute approximate surface area is 245 Å². The van der Waals surface area contributed by atoms with Gasteiger partial charge in [-0.05, 0) is 66.4 Å². The predicted molar refractivity (Wildman–Crippen MR) is 161 cm³/mol. The van der Waals surface area contributed by atoms with E-state index in [4.69, 9.17) is 4.94 Å². The first-order valence-electron chi connectivity index (χ1n) is 13.3. The minimum atomic E-state index is -0.524. The molecule has 1 fully saturated rings. The molecule has 0 aliphatic carbocycles. The zero-order chi connectivity index (χ0) is 29.6. The first kappa shape index (κ1) is 28.6. The molecule has 2 aliphatic rings. The van der Waals surface area contributed by atoms with E-state index in [1.807, 2.05) is 24.3 Å². The number of imide groups is 1. The monoisotopic (exact) mass is 588 g/mol. The number of rotatable bonds is 11. The minimum Gasteiger partial charge on any atom is -0.353 e. The average Bonchev–Trinajstić information content (AvgIpc) is 3.58. The van der Waals surface area contributed by atoms with Crippen molar-refractivity contribution in [1.29, 1.82) is 0 Å². The quantitative estimate of drug-likeness (QED) is 0.0930. The van der Waals surface area contributed by atoms with E-state index in [1.54, 1.807) is 30.3 Å². The number of hydrogen-bond acceptors (Lipinski definition) is 10. The normalized spacial score (nSPS) is 14.9. The van der Waals surface area contributed by atoms with Gasteiger partial charge in [0.2, 0.25) is 0 Å². The van der Waals surface area contributed by atoms with Crippen LogP contribution >= 0.6 is 11.8 Å². The maximum atomic E-state index is 13.0. The van der Waals surface area contributed by atoms with Crippen molar-refractivity contribution < 1.29 is 24.2 Å². The van der Waals surface area contributed by atoms with E-state index >= 15 is 0 Å². The van der Waals surface area contributed by atoms with Gasteiger partial charge in [-0.2, -0.15) is 4.94 Å². The fraction of sp³-hybridized carbons (Fsp3) is 0.207. The lowest BCUT2D eigenvalue weighted by Gasteiger charge is -2.15. The van der Waals surface area contributed by atoms with Crippen molar-refractivity contribution in [1.82, 2.24) is 10.2 Å². The number of hydrogen-bond donors (Lipinski definition) is 4. The van der Waals surface area contributed by atoms with Crippen LogP contribution in [0.4, 0.5) is 33.2 Å². The number of anilines is 4. The van der Waals surface area contributed by atoms with Crippen LogP contribution in [0.15, 0.2) is 65.6 Å². The zero-order valence-electron chi connectivity index (χ0n) is 22.6. The lowest BCUT2D eigenvalue weighted by Crippen LogP contribution is -2.30. The van der Waals surface area contributed by atoms with Gasteiger partial charge in [0, 0.05) is 19.2 Å². The first-order valence-corrected chi connectivity index (χ1v) is 14.1. The Morgan fingerprint density at radius 2 is 1.79 bits per heavy atom. The Balaban J connectivity index is 1.14. The number of amides is 3. The Kier molecular flexibility index (Phi) is 8.69. The number of carbonyl (C=O) groups is 3. The van der Waals surface area contributed by atoms with E-state index in [2.05, 4.69) is 28.5 Å². The molecule has 0 radical (unpaired) electrons. The van der Waals surface area contributed by atoms with Gasteiger partial charge in [0.1, 0.15) is 5.69 Å². The van der Waals surface area contributed by atoms with Crippen molar-refractivity contribution in [3.8, 4) is 0 Å². The van der Waals surface area contributed by atoms with Crippen LogP contribution in [0.1, 0.15) is 41.3 Å². The number of para-hydroxylation sites is 1. The molecule has 0 unspecified atom stereocenters. The van der Waals surface area contributed by atoms with Gasteiger partial charge in [-0.15, -0.1) is 0 Å². The highest BCUT2D eigenvalue weighted by atomic mass is 32.2. The van der Waals surface area contributed by atoms with Crippen molar-refractivity contribution in [2.45, 2.75) is 26.2 Å². The summed E-state index contributed by atoms with van der Waals surface area (Å²) < 4.78 is 0. The fourth-order valence-electron chi connectivity index (χ4n) is 4.51. The van der Waals surface area contributed by atoms with Gasteiger partial charge < -0.3 is 10.6 Å². The van der Waals surface area contributed by atoms with Gasteiger partial charge in [0.25, 0.3) is 22.7 Å². The van der Waals surface area contributed by atoms with Gasteiger partial charge in [0.05, 0.1) is 26.8 Å². The second-order valence-corrected chi connectivity index (χ2v) is 10.5. The SMILES string of the molecule is CCc1ccc(/C=C2\SC(=O)N(CCCCNC(=O)c3ccccc3Nc3ccc([N+](=O)[O-])c4c3NON4)C2=O)cc1. The Morgan fingerprint density at radius 3 is 2.55 bits per heavy atom. The third kappa shape index (κ3) is 6.21. The molecule has 1 saturated heterocycles. The molecule has 0 spiro atoms. The number of nitrogens with zero attached hydrogens (tertiary/aromatic N) is 2. The van der Waals surface area contributed by atoms with E-state index in [9.17, 15) is 24.5 Å². The molecule has 2 aliphatic heterocycles. The van der Waals surface area contributed by atoms with Gasteiger partial charge in [-0.25, -0.2) is 11.0 Å². The molecule has 0 bridgehead atoms. The van der Waals surface area contributed by atoms with Crippen LogP contribution in [0.25, 0.3) is 6.08 Å². The van der Waals surface area contributed by atoms with Gasteiger partial charge in [-0.1, -0.05) is 43.3 Å². The van der Waals surface area contributed by atoms with Crippen LogP contribution in [0.5, 0.6) is 0 Å². The lowest BCUT2D eigenvalue weighted by atomic mass is 10.1. The van der Waals surface area contributed by atoms with Crippen LogP contribution in [0, 0.1) is 10.1 Å². The van der Waals surface area contributed by atoms with Crippen LogP contribution in [-0.4, -0.2) is 40.0 Å². The molecule has 3 aromatic carbocycles. The number of nitrogens with one attached hydrogen (secondary N) is 4. The maximum Gasteiger partial charge on any atom is 0.297 e. The van der Waals surface area contributed by atoms with Crippen molar-refractivity contribution in [3.05, 3.63) is 92.4 Å². The largest absolute Gasteiger partial charge is 0.353 e. The summed E-state index contributed by atoms with van der Waals surface area (Å²) in [7, 11) is 0. The summed E-state index contributed by atoms with van der Waals surface area (Å²) in [5.74, 6) is -0.622. The van der Waals surface area contributed by atoms with E-state index in [-0.39, 0.29) is 35.0 Å². The molecular formula is C29H28N6O6S. The molecule has 0 saturated carbocycles. The number of fused-ring (bicyclic) bond motifs is 1. The van der Waals surface area contributed by atoms with Crippen molar-refractivity contribution in [2.24, 2.45) is 0 Å². The molecule has 3 aromatic rings. The zero-order valence-corrected chi connectivity index (χ0v) is 23.5. The summed E-state index contributed by atoms with van der Waals surface area (Å²) in [5.41, 5.74) is 8.84. The third-order valence-electron chi connectivity index (χ3n) is 6.78. The molecule has 42 heavy (non-hydrogen) atoms. The number of unbranched alkanes of at least 4 members (excludes halogenated alkanes) is 1. The molecule has 12 nitrogen and oxygen atoms in total. The van der Waals surface area contributed by atoms with Crippen molar-refractivity contribution in [2.75, 3.05) is 29.4 Å². The third-order valence-corrected chi connectivity index (χ3v) is 7.69. The maximum absolute atomic E-state index is 13.0. The van der Waals surface area contributed by atoms with E-state index in [0.29, 0.717) is 46.9 Å². The molecule has 5 rings (SSSR count). The fourth-order valence-corrected chi connectivity index (χ4v) is 5.37. The van der Waals surface area contributed by atoms with Crippen molar-refractivity contribution in [3.63, 3.8) is 0 Å². The van der Waals surface area contributed by atoms with Crippen LogP contribution in [0.3, 0.4) is 0 Å². The average molecular weight is 589 g/mol. The second-order valence-electron chi connectivity index (χ2n) is 9.51. The number of nitro benzene ring substituents is 1. The van der Waals surface area contributed by atoms with Crippen LogP contribution in [-0.2, 0) is 16.2 Å². The summed E-state index contributed by atoms with van der Waals surface area (Å²) in [4.78, 5) is 55.6. The summed E-state index contributed by atoms with van der Waals surface area (Å²) >= 11 is 0.937. The van der Waals surface area contributed by atoms with Gasteiger partial charge in [-0.3, -0.25) is 29.4 Å². The van der Waals surface area contributed by atoms with E-state index < -0.39 is 4.92 Å². The van der Waals surface area contributed by atoms with Gasteiger partial charge in [0.15, 0.2) is 5.69 Å². The topological polar surface area (TPSA) is 155 Å². The van der Waals surface area contributed by atoms with Crippen LogP contribution < -0.4 is 21.6 Å². The molecule has 0 aromatic heterocycles. The molecule has 13 heteroatoms. The molecule has 0 atom stereocenters. The highest BCUT2D eigenvalue weighted by Crippen LogP contribution is 2.42. The second kappa shape index (κ2) is 12.7. The summed E-state index contributed by atoms with van der Waals surface area (Å²) in [6.07, 6.45) is 3.75. The number of thioether (sulfide) groups is 1. The summed E-state index contributed by atoms with van der Waals surface area (Å²) in [6.45, 7) is 2.68. The summed E-state index contributed by atoms with van der Waals surface area (Å²) in [5, 5.41) is 17.0. The molecule has 216 valence electrons. The van der Waals surface area contributed by atoms with Crippen LogP contribution in [0.2, 0.25) is 0 Å². The van der Waals surface area contributed by atoms with E-state index in [0.717, 1.165) is 23.7 Å². The van der Waals surface area contributed by atoms with Crippen molar-refractivity contribution >= 4 is 63.3 Å². The number of carbonyl (C=O) groups excluding carboxylic acids is 3. The first-order chi connectivity index (χ1) is 20.4. The highest BCUT2D eigenvalue weighted by Gasteiger charge is 2.34. The molecule has 2 heterocycles. The van der Waals surface area contributed by atoms with E-state index in [1.165, 1.54) is 22.6 Å². The molecule has 3 amide bonds. The molecule has 4 N–H and O–H groups in total. The minimum absolute atomic E-state index is 0.156. The number of aryl methyl sites for hydroxylation is 1. The lowest BCUT2D eigenvalue weighted by molar-refractivity contribution is -0.384. The Bertz CT molecular complexity index is 1580. The Hall–Kier alpha value is -4.88. The van der Waals surface area contributed by atoms with Gasteiger partial charge >= 0.3 is 0 Å². The predicted octanol–water partition coefficient (Wildman–Crippen LogP) is 5.83. The smallest absolute Gasteiger partial charge is 0.297 e. The number of nitro groups is 1.